The molecule has 3 heteroatoms. The molecule has 1 N–H and O–H groups in total. The number of nitrogens with zero attached hydrogens (tertiary/aromatic N) is 1. The zero-order valence-corrected chi connectivity index (χ0v) is 9.10. The summed E-state index contributed by atoms with van der Waals surface area (Å²) in [6.07, 6.45) is 3.38. The Morgan fingerprint density at radius 3 is 2.75 bits per heavy atom. The third-order valence-electron chi connectivity index (χ3n) is 2.73. The zero-order valence-electron chi connectivity index (χ0n) is 9.10. The molecule has 0 saturated carbocycles. The molecule has 0 aliphatic carbocycles. The van der Waals surface area contributed by atoms with Crippen LogP contribution in [0.25, 0.3) is 0 Å². The predicted molar refractivity (Wildman–Crippen MR) is 61.8 cm³/mol. The SMILES string of the molecule is O=C(O)C1=CN(Cc2ccccc2)CCC1. The van der Waals surface area contributed by atoms with E-state index < -0.39 is 5.97 Å². The predicted octanol–water partition coefficient (Wildman–Crippen LogP) is 2.25. The van der Waals surface area contributed by atoms with Crippen LogP contribution in [0.2, 0.25) is 0 Å². The van der Waals surface area contributed by atoms with E-state index >= 15 is 0 Å². The van der Waals surface area contributed by atoms with Crippen LogP contribution in [0.5, 0.6) is 0 Å². The van der Waals surface area contributed by atoms with E-state index in [9.17, 15) is 4.79 Å². The maximum Gasteiger partial charge on any atom is 0.333 e. The summed E-state index contributed by atoms with van der Waals surface area (Å²) in [6, 6.07) is 10.1. The van der Waals surface area contributed by atoms with Gasteiger partial charge >= 0.3 is 5.97 Å². The molecule has 2 rings (SSSR count). The number of aliphatic carboxylic acids is 1. The van der Waals surface area contributed by atoms with Crippen LogP contribution in [0, 0.1) is 0 Å². The molecule has 0 atom stereocenters. The smallest absolute Gasteiger partial charge is 0.333 e. The summed E-state index contributed by atoms with van der Waals surface area (Å²) in [6.45, 7) is 1.73. The van der Waals surface area contributed by atoms with Crippen molar-refractivity contribution in [1.82, 2.24) is 4.90 Å². The molecular weight excluding hydrogens is 202 g/mol. The van der Waals surface area contributed by atoms with Gasteiger partial charge in [-0.3, -0.25) is 0 Å². The Hall–Kier alpha value is -1.77. The summed E-state index contributed by atoms with van der Waals surface area (Å²) in [5.41, 5.74) is 1.73. The molecular formula is C13H15NO2. The van der Waals surface area contributed by atoms with Crippen molar-refractivity contribution in [1.29, 1.82) is 0 Å². The van der Waals surface area contributed by atoms with Gasteiger partial charge in [0.2, 0.25) is 0 Å². The summed E-state index contributed by atoms with van der Waals surface area (Å²) in [5, 5.41) is 8.93. The van der Waals surface area contributed by atoms with E-state index in [1.807, 2.05) is 18.2 Å². The second-order valence-electron chi connectivity index (χ2n) is 4.02. The van der Waals surface area contributed by atoms with Gasteiger partial charge in [-0.1, -0.05) is 30.3 Å². The number of benzene rings is 1. The first-order valence-electron chi connectivity index (χ1n) is 5.47. The summed E-state index contributed by atoms with van der Waals surface area (Å²) in [4.78, 5) is 12.9. The lowest BCUT2D eigenvalue weighted by Crippen LogP contribution is -2.24. The highest BCUT2D eigenvalue weighted by atomic mass is 16.4. The molecule has 0 saturated heterocycles. The lowest BCUT2D eigenvalue weighted by molar-refractivity contribution is -0.133. The van der Waals surface area contributed by atoms with Crippen molar-refractivity contribution in [2.45, 2.75) is 19.4 Å². The van der Waals surface area contributed by atoms with Crippen molar-refractivity contribution in [2.24, 2.45) is 0 Å². The van der Waals surface area contributed by atoms with E-state index in [1.54, 1.807) is 6.20 Å². The van der Waals surface area contributed by atoms with Gasteiger partial charge in [-0.05, 0) is 18.4 Å². The molecule has 1 aromatic rings. The van der Waals surface area contributed by atoms with Crippen molar-refractivity contribution in [2.75, 3.05) is 6.54 Å². The van der Waals surface area contributed by atoms with Crippen molar-refractivity contribution in [3.05, 3.63) is 47.7 Å². The Labute approximate surface area is 95.0 Å². The molecule has 0 fully saturated rings. The fourth-order valence-electron chi connectivity index (χ4n) is 1.93. The van der Waals surface area contributed by atoms with Crippen molar-refractivity contribution >= 4 is 5.97 Å². The Morgan fingerprint density at radius 2 is 2.06 bits per heavy atom. The van der Waals surface area contributed by atoms with Crippen molar-refractivity contribution < 1.29 is 9.90 Å². The number of carbonyl (C=O) groups is 1. The van der Waals surface area contributed by atoms with Gasteiger partial charge in [-0.25, -0.2) is 4.79 Å². The highest BCUT2D eigenvalue weighted by Crippen LogP contribution is 2.17. The van der Waals surface area contributed by atoms with E-state index in [0.29, 0.717) is 12.0 Å². The van der Waals surface area contributed by atoms with Gasteiger partial charge in [0.1, 0.15) is 0 Å². The number of carboxylic acids is 1. The highest BCUT2D eigenvalue weighted by Gasteiger charge is 2.15. The fraction of sp³-hybridized carbons (Fsp3) is 0.308. The Bertz CT molecular complexity index is 398. The minimum Gasteiger partial charge on any atom is -0.478 e. The average molecular weight is 217 g/mol. The monoisotopic (exact) mass is 217 g/mol. The van der Waals surface area contributed by atoms with Gasteiger partial charge in [0.05, 0.1) is 5.57 Å². The second-order valence-corrected chi connectivity index (χ2v) is 4.02. The number of rotatable bonds is 3. The molecule has 1 aliphatic heterocycles. The topological polar surface area (TPSA) is 40.5 Å². The fourth-order valence-corrected chi connectivity index (χ4v) is 1.93. The van der Waals surface area contributed by atoms with E-state index in [-0.39, 0.29) is 0 Å². The molecule has 0 amide bonds. The zero-order chi connectivity index (χ0) is 11.4. The molecule has 1 aliphatic rings. The molecule has 1 heterocycles. The summed E-state index contributed by atoms with van der Waals surface area (Å²) < 4.78 is 0. The van der Waals surface area contributed by atoms with Crippen LogP contribution in [-0.2, 0) is 11.3 Å². The van der Waals surface area contributed by atoms with Crippen LogP contribution in [0.4, 0.5) is 0 Å². The van der Waals surface area contributed by atoms with Crippen LogP contribution < -0.4 is 0 Å². The second kappa shape index (κ2) is 4.84. The van der Waals surface area contributed by atoms with E-state index in [2.05, 4.69) is 17.0 Å². The standard InChI is InChI=1S/C13H15NO2/c15-13(16)12-7-4-8-14(10-12)9-11-5-2-1-3-6-11/h1-3,5-6,10H,4,7-9H2,(H,15,16). The lowest BCUT2D eigenvalue weighted by Gasteiger charge is -2.25. The highest BCUT2D eigenvalue weighted by molar-refractivity contribution is 5.86. The van der Waals surface area contributed by atoms with E-state index in [1.165, 1.54) is 5.56 Å². The minimum absolute atomic E-state index is 0.516. The first kappa shape index (κ1) is 10.7. The molecule has 0 spiro atoms. The molecule has 1 aromatic carbocycles. The van der Waals surface area contributed by atoms with Gasteiger partial charge in [-0.15, -0.1) is 0 Å². The van der Waals surface area contributed by atoms with Gasteiger partial charge in [0.25, 0.3) is 0 Å². The van der Waals surface area contributed by atoms with Crippen molar-refractivity contribution in [3.8, 4) is 0 Å². The van der Waals surface area contributed by atoms with E-state index in [4.69, 9.17) is 5.11 Å². The molecule has 84 valence electrons. The Morgan fingerprint density at radius 1 is 1.31 bits per heavy atom. The third-order valence-corrected chi connectivity index (χ3v) is 2.73. The van der Waals surface area contributed by atoms with Crippen LogP contribution >= 0.6 is 0 Å². The quantitative estimate of drug-likeness (QED) is 0.844. The first-order chi connectivity index (χ1) is 7.75. The van der Waals surface area contributed by atoms with Crippen LogP contribution in [0.1, 0.15) is 18.4 Å². The molecule has 0 radical (unpaired) electrons. The molecule has 16 heavy (non-hydrogen) atoms. The van der Waals surface area contributed by atoms with Crippen LogP contribution in [0.3, 0.4) is 0 Å². The van der Waals surface area contributed by atoms with Gasteiger partial charge in [0.15, 0.2) is 0 Å². The third kappa shape index (κ3) is 2.63. The molecule has 3 nitrogen and oxygen atoms in total. The molecule has 0 unspecified atom stereocenters. The Balaban J connectivity index is 2.06. The average Bonchev–Trinajstić information content (AvgIpc) is 2.30. The maximum atomic E-state index is 10.9. The summed E-state index contributed by atoms with van der Waals surface area (Å²) in [5.74, 6) is -0.794. The number of hydrogen-bond donors (Lipinski definition) is 1. The number of carboxylic acid groups (broad SMARTS) is 1. The van der Waals surface area contributed by atoms with Crippen molar-refractivity contribution in [3.63, 3.8) is 0 Å². The largest absolute Gasteiger partial charge is 0.478 e. The number of hydrogen-bond acceptors (Lipinski definition) is 2. The van der Waals surface area contributed by atoms with Gasteiger partial charge in [0, 0.05) is 19.3 Å². The van der Waals surface area contributed by atoms with Gasteiger partial charge < -0.3 is 10.0 Å². The van der Waals surface area contributed by atoms with E-state index in [0.717, 1.165) is 19.5 Å². The molecule has 0 bridgehead atoms. The van der Waals surface area contributed by atoms with Crippen LogP contribution in [-0.4, -0.2) is 22.5 Å². The first-order valence-corrected chi connectivity index (χ1v) is 5.47. The van der Waals surface area contributed by atoms with Gasteiger partial charge in [-0.2, -0.15) is 0 Å². The molecule has 0 aromatic heterocycles. The minimum atomic E-state index is -0.794. The maximum absolute atomic E-state index is 10.9. The Kier molecular flexibility index (Phi) is 3.25. The normalized spacial score (nSPS) is 15.8. The summed E-state index contributed by atoms with van der Waals surface area (Å²) >= 11 is 0. The lowest BCUT2D eigenvalue weighted by atomic mass is 10.1. The van der Waals surface area contributed by atoms with Crippen LogP contribution in [0.15, 0.2) is 42.1 Å². The summed E-state index contributed by atoms with van der Waals surface area (Å²) in [7, 11) is 0.